The molecule has 1 atom stereocenters. The van der Waals surface area contributed by atoms with E-state index in [0.717, 1.165) is 27.9 Å². The molecule has 0 bridgehead atoms. The van der Waals surface area contributed by atoms with Crippen molar-refractivity contribution < 1.29 is 9.84 Å². The predicted molar refractivity (Wildman–Crippen MR) is 79.7 cm³/mol. The number of aliphatic hydroxyl groups excluding tert-OH is 1. The fourth-order valence-electron chi connectivity index (χ4n) is 2.24. The second kappa shape index (κ2) is 5.39. The normalized spacial score (nSPS) is 12.5. The smallest absolute Gasteiger partial charge is 0.129 e. The Bertz CT molecular complexity index is 701. The summed E-state index contributed by atoms with van der Waals surface area (Å²) in [5, 5.41) is 10.7. The number of fused-ring (bicyclic) bond motifs is 1. The van der Waals surface area contributed by atoms with Gasteiger partial charge in [0.25, 0.3) is 0 Å². The number of nitrogens with one attached hydrogen (secondary N) is 1. The maximum atomic E-state index is 9.65. The Kier molecular flexibility index (Phi) is 3.44. The molecule has 1 aromatic heterocycles. The van der Waals surface area contributed by atoms with Crippen molar-refractivity contribution in [3.05, 3.63) is 65.9 Å². The minimum Gasteiger partial charge on any atom is -0.488 e. The molecule has 0 fully saturated rings. The van der Waals surface area contributed by atoms with E-state index in [9.17, 15) is 5.11 Å². The molecule has 0 saturated carbocycles. The predicted octanol–water partition coefficient (Wildman–Crippen LogP) is 3.80. The zero-order valence-electron chi connectivity index (χ0n) is 11.3. The van der Waals surface area contributed by atoms with Gasteiger partial charge in [-0.05, 0) is 30.7 Å². The van der Waals surface area contributed by atoms with Crippen LogP contribution in [0.15, 0.2) is 54.6 Å². The van der Waals surface area contributed by atoms with Gasteiger partial charge in [0.15, 0.2) is 0 Å². The Morgan fingerprint density at radius 1 is 1.10 bits per heavy atom. The minimum atomic E-state index is -0.510. The first kappa shape index (κ1) is 12.8. The Morgan fingerprint density at radius 2 is 1.90 bits per heavy atom. The zero-order valence-corrected chi connectivity index (χ0v) is 11.3. The van der Waals surface area contributed by atoms with Gasteiger partial charge in [0.05, 0.1) is 6.10 Å². The van der Waals surface area contributed by atoms with Crippen molar-refractivity contribution in [3.63, 3.8) is 0 Å². The lowest BCUT2D eigenvalue weighted by atomic mass is 10.2. The van der Waals surface area contributed by atoms with Crippen LogP contribution in [0.3, 0.4) is 0 Å². The maximum Gasteiger partial charge on any atom is 0.129 e. The molecule has 0 saturated heterocycles. The third kappa shape index (κ3) is 2.53. The van der Waals surface area contributed by atoms with Gasteiger partial charge in [0.2, 0.25) is 0 Å². The molecule has 0 radical (unpaired) electrons. The standard InChI is InChI=1S/C17H17NO2/c1-12(19)16-10-14-15(18-16)8-5-9-17(14)20-11-13-6-3-2-4-7-13/h2-10,12,18-19H,11H2,1H3/t12-/m1/s1. The highest BCUT2D eigenvalue weighted by atomic mass is 16.5. The van der Waals surface area contributed by atoms with E-state index in [1.54, 1.807) is 6.92 Å². The molecule has 0 aliphatic carbocycles. The number of ether oxygens (including phenoxy) is 1. The first-order chi connectivity index (χ1) is 9.74. The molecule has 3 rings (SSSR count). The molecule has 102 valence electrons. The molecule has 2 N–H and O–H groups in total. The van der Waals surface area contributed by atoms with Crippen LogP contribution in [0.5, 0.6) is 5.75 Å². The van der Waals surface area contributed by atoms with Crippen LogP contribution in [0, 0.1) is 0 Å². The Balaban J connectivity index is 1.87. The quantitative estimate of drug-likeness (QED) is 0.755. The highest BCUT2D eigenvalue weighted by Crippen LogP contribution is 2.28. The van der Waals surface area contributed by atoms with Gasteiger partial charge in [-0.3, -0.25) is 0 Å². The summed E-state index contributed by atoms with van der Waals surface area (Å²) < 4.78 is 5.90. The molecule has 0 spiro atoms. The molecule has 20 heavy (non-hydrogen) atoms. The van der Waals surface area contributed by atoms with Gasteiger partial charge < -0.3 is 14.8 Å². The van der Waals surface area contributed by atoms with Crippen molar-refractivity contribution in [2.24, 2.45) is 0 Å². The van der Waals surface area contributed by atoms with E-state index < -0.39 is 6.10 Å². The van der Waals surface area contributed by atoms with E-state index in [1.165, 1.54) is 0 Å². The summed E-state index contributed by atoms with van der Waals surface area (Å²) in [6.45, 7) is 2.28. The molecule has 2 aromatic carbocycles. The second-order valence-corrected chi connectivity index (χ2v) is 4.89. The van der Waals surface area contributed by atoms with Crippen LogP contribution < -0.4 is 4.74 Å². The molecule has 0 aliphatic rings. The third-order valence-corrected chi connectivity index (χ3v) is 3.33. The van der Waals surface area contributed by atoms with Gasteiger partial charge in [0, 0.05) is 16.6 Å². The molecule has 3 nitrogen and oxygen atoms in total. The number of aromatic nitrogens is 1. The topological polar surface area (TPSA) is 45.2 Å². The van der Waals surface area contributed by atoms with Crippen LogP contribution in [-0.4, -0.2) is 10.1 Å². The summed E-state index contributed by atoms with van der Waals surface area (Å²) in [5.41, 5.74) is 2.91. The molecule has 1 heterocycles. The number of H-pyrrole nitrogens is 1. The van der Waals surface area contributed by atoms with Crippen LogP contribution in [0.4, 0.5) is 0 Å². The van der Waals surface area contributed by atoms with E-state index in [0.29, 0.717) is 6.61 Å². The first-order valence-corrected chi connectivity index (χ1v) is 6.70. The molecular formula is C17H17NO2. The monoisotopic (exact) mass is 267 g/mol. The van der Waals surface area contributed by atoms with E-state index in [-0.39, 0.29) is 0 Å². The summed E-state index contributed by atoms with van der Waals surface area (Å²) in [4.78, 5) is 3.20. The lowest BCUT2D eigenvalue weighted by Crippen LogP contribution is -1.95. The number of aliphatic hydroxyl groups is 1. The van der Waals surface area contributed by atoms with Crippen LogP contribution in [0.1, 0.15) is 24.3 Å². The lowest BCUT2D eigenvalue weighted by molar-refractivity contribution is 0.195. The second-order valence-electron chi connectivity index (χ2n) is 4.89. The van der Waals surface area contributed by atoms with Gasteiger partial charge in [-0.1, -0.05) is 36.4 Å². The summed E-state index contributed by atoms with van der Waals surface area (Å²) in [7, 11) is 0. The maximum absolute atomic E-state index is 9.65. The summed E-state index contributed by atoms with van der Waals surface area (Å²) in [5.74, 6) is 0.828. The Labute approximate surface area is 117 Å². The number of aromatic amines is 1. The fraction of sp³-hybridized carbons (Fsp3) is 0.176. The molecule has 0 aliphatic heterocycles. The van der Waals surface area contributed by atoms with E-state index in [1.807, 2.05) is 54.6 Å². The van der Waals surface area contributed by atoms with Crippen LogP contribution >= 0.6 is 0 Å². The van der Waals surface area contributed by atoms with Gasteiger partial charge in [-0.2, -0.15) is 0 Å². The van der Waals surface area contributed by atoms with Crippen molar-refractivity contribution in [2.45, 2.75) is 19.6 Å². The highest BCUT2D eigenvalue weighted by Gasteiger charge is 2.09. The van der Waals surface area contributed by atoms with Crippen molar-refractivity contribution >= 4 is 10.9 Å². The van der Waals surface area contributed by atoms with Crippen LogP contribution in [-0.2, 0) is 6.61 Å². The highest BCUT2D eigenvalue weighted by molar-refractivity contribution is 5.86. The average molecular weight is 267 g/mol. The Hall–Kier alpha value is -2.26. The Morgan fingerprint density at radius 3 is 2.65 bits per heavy atom. The van der Waals surface area contributed by atoms with Gasteiger partial charge >= 0.3 is 0 Å². The van der Waals surface area contributed by atoms with E-state index >= 15 is 0 Å². The largest absolute Gasteiger partial charge is 0.488 e. The van der Waals surface area contributed by atoms with Crippen molar-refractivity contribution in [1.29, 1.82) is 0 Å². The summed E-state index contributed by atoms with van der Waals surface area (Å²) in [6, 6.07) is 17.9. The summed E-state index contributed by atoms with van der Waals surface area (Å²) in [6.07, 6.45) is -0.510. The number of rotatable bonds is 4. The van der Waals surface area contributed by atoms with Gasteiger partial charge in [0.1, 0.15) is 12.4 Å². The van der Waals surface area contributed by atoms with Crippen LogP contribution in [0.2, 0.25) is 0 Å². The summed E-state index contributed by atoms with van der Waals surface area (Å²) >= 11 is 0. The molecule has 0 amide bonds. The van der Waals surface area contributed by atoms with Gasteiger partial charge in [-0.25, -0.2) is 0 Å². The van der Waals surface area contributed by atoms with Crippen molar-refractivity contribution in [1.82, 2.24) is 4.98 Å². The average Bonchev–Trinajstić information content (AvgIpc) is 2.91. The number of benzene rings is 2. The molecule has 3 heteroatoms. The fourth-order valence-corrected chi connectivity index (χ4v) is 2.24. The third-order valence-electron chi connectivity index (χ3n) is 3.33. The van der Waals surface area contributed by atoms with E-state index in [4.69, 9.17) is 4.74 Å². The van der Waals surface area contributed by atoms with E-state index in [2.05, 4.69) is 4.98 Å². The zero-order chi connectivity index (χ0) is 13.9. The molecule has 0 unspecified atom stereocenters. The first-order valence-electron chi connectivity index (χ1n) is 6.70. The number of hydrogen-bond donors (Lipinski definition) is 2. The molecular weight excluding hydrogens is 250 g/mol. The van der Waals surface area contributed by atoms with Gasteiger partial charge in [-0.15, -0.1) is 0 Å². The molecule has 3 aromatic rings. The SMILES string of the molecule is C[C@@H](O)c1cc2c(OCc3ccccc3)cccc2[nH]1. The van der Waals surface area contributed by atoms with Crippen LogP contribution in [0.25, 0.3) is 10.9 Å². The lowest BCUT2D eigenvalue weighted by Gasteiger charge is -2.07. The van der Waals surface area contributed by atoms with Crippen molar-refractivity contribution in [2.75, 3.05) is 0 Å². The minimum absolute atomic E-state index is 0.510. The number of hydrogen-bond acceptors (Lipinski definition) is 2. The van der Waals surface area contributed by atoms with Crippen molar-refractivity contribution in [3.8, 4) is 5.75 Å².